The van der Waals surface area contributed by atoms with Crippen LogP contribution in [-0.4, -0.2) is 6.10 Å². The van der Waals surface area contributed by atoms with Crippen LogP contribution >= 0.6 is 9.47 Å². The van der Waals surface area contributed by atoms with E-state index >= 15 is 0 Å². The van der Waals surface area contributed by atoms with Gasteiger partial charge in [0.25, 0.3) is 0 Å². The number of hydrogen-bond acceptors (Lipinski definition) is 2. The monoisotopic (exact) mass is 327 g/mol. The van der Waals surface area contributed by atoms with Crippen LogP contribution in [0.15, 0.2) is 0 Å². The second kappa shape index (κ2) is 15.8. The molecule has 0 aromatic rings. The minimum atomic E-state index is 0.0634. The summed E-state index contributed by atoms with van der Waals surface area (Å²) in [7, 11) is 2.34. The van der Waals surface area contributed by atoms with Gasteiger partial charge >= 0.3 is 0 Å². The summed E-state index contributed by atoms with van der Waals surface area (Å²) in [6.07, 6.45) is 15.2. The molecule has 0 aliphatic rings. The Bertz CT molecular complexity index is 275. The lowest BCUT2D eigenvalue weighted by molar-refractivity contribution is 0.170. The summed E-state index contributed by atoms with van der Waals surface area (Å²) in [4.78, 5) is 0. The van der Waals surface area contributed by atoms with Crippen molar-refractivity contribution in [1.82, 2.24) is 0 Å². The fourth-order valence-electron chi connectivity index (χ4n) is 2.96. The predicted molar refractivity (Wildman–Crippen MR) is 99.6 cm³/mol. The Morgan fingerprint density at radius 1 is 0.864 bits per heavy atom. The summed E-state index contributed by atoms with van der Waals surface area (Å²) in [5.74, 6) is 0.920. The zero-order valence-corrected chi connectivity index (χ0v) is 16.3. The van der Waals surface area contributed by atoms with Crippen LogP contribution in [-0.2, 0) is 4.52 Å². The molecule has 0 rings (SSSR count). The quantitative estimate of drug-likeness (QED) is 0.249. The molecule has 0 aromatic carbocycles. The fraction of sp³-hybridized carbons (Fsp3) is 0.947. The average molecular weight is 327 g/mol. The summed E-state index contributed by atoms with van der Waals surface area (Å²) in [6.45, 7) is 6.76. The first-order valence-electron chi connectivity index (χ1n) is 9.40. The van der Waals surface area contributed by atoms with Crippen molar-refractivity contribution in [3.63, 3.8) is 0 Å². The van der Waals surface area contributed by atoms with Gasteiger partial charge in [-0.15, -0.1) is 0 Å². The molecule has 3 heteroatoms. The van der Waals surface area contributed by atoms with Gasteiger partial charge in [-0.25, -0.2) is 0 Å². The molecular weight excluding hydrogens is 289 g/mol. The van der Waals surface area contributed by atoms with Crippen molar-refractivity contribution in [2.45, 2.75) is 104 Å². The van der Waals surface area contributed by atoms with Gasteiger partial charge in [-0.3, -0.25) is 0 Å². The SMILES string of the molecule is CCCC(OP)C(C#N)CCCCCCCCCCC(C)C. The second-order valence-corrected chi connectivity index (χ2v) is 7.27. The van der Waals surface area contributed by atoms with Gasteiger partial charge in [-0.05, 0) is 18.8 Å². The van der Waals surface area contributed by atoms with Gasteiger partial charge < -0.3 is 4.52 Å². The minimum absolute atomic E-state index is 0.0634. The van der Waals surface area contributed by atoms with Gasteiger partial charge in [0.15, 0.2) is 0 Å². The highest BCUT2D eigenvalue weighted by Gasteiger charge is 2.19. The van der Waals surface area contributed by atoms with Crippen LogP contribution in [0.4, 0.5) is 0 Å². The van der Waals surface area contributed by atoms with Crippen LogP contribution in [0.1, 0.15) is 97.8 Å². The molecule has 130 valence electrons. The molecule has 0 radical (unpaired) electrons. The summed E-state index contributed by atoms with van der Waals surface area (Å²) < 4.78 is 5.39. The Morgan fingerprint density at radius 3 is 1.77 bits per heavy atom. The lowest BCUT2D eigenvalue weighted by atomic mass is 9.93. The molecular formula is C19H38NOP. The third kappa shape index (κ3) is 12.4. The standard InChI is InChI=1S/C19H38NOP/c1-4-13-19(21-22)18(16-20)15-12-10-8-6-5-7-9-11-14-17(2)3/h17-19H,4-15,22H2,1-3H3. The summed E-state index contributed by atoms with van der Waals surface area (Å²) >= 11 is 0. The zero-order chi connectivity index (χ0) is 16.6. The molecule has 0 saturated carbocycles. The van der Waals surface area contributed by atoms with E-state index < -0.39 is 0 Å². The molecule has 0 aliphatic carbocycles. The molecule has 0 aromatic heterocycles. The van der Waals surface area contributed by atoms with Crippen LogP contribution in [0.25, 0.3) is 0 Å². The van der Waals surface area contributed by atoms with E-state index in [2.05, 4.69) is 36.3 Å². The lowest BCUT2D eigenvalue weighted by Gasteiger charge is -2.19. The van der Waals surface area contributed by atoms with E-state index in [9.17, 15) is 5.26 Å². The van der Waals surface area contributed by atoms with Crippen molar-refractivity contribution in [2.75, 3.05) is 0 Å². The Hall–Kier alpha value is -0.120. The average Bonchev–Trinajstić information content (AvgIpc) is 2.50. The van der Waals surface area contributed by atoms with Crippen molar-refractivity contribution in [3.05, 3.63) is 0 Å². The molecule has 2 nitrogen and oxygen atoms in total. The molecule has 3 unspecified atom stereocenters. The largest absolute Gasteiger partial charge is 0.361 e. The molecule has 3 atom stereocenters. The number of rotatable bonds is 15. The molecule has 0 fully saturated rings. The Balaban J connectivity index is 3.49. The Labute approximate surface area is 141 Å². The molecule has 0 heterocycles. The van der Waals surface area contributed by atoms with Gasteiger partial charge in [0.1, 0.15) is 0 Å². The first-order chi connectivity index (χ1) is 10.7. The maximum atomic E-state index is 9.28. The Kier molecular flexibility index (Phi) is 15.7. The van der Waals surface area contributed by atoms with E-state index in [1.165, 1.54) is 57.8 Å². The van der Waals surface area contributed by atoms with Crippen molar-refractivity contribution in [2.24, 2.45) is 11.8 Å². The molecule has 0 saturated heterocycles. The topological polar surface area (TPSA) is 33.0 Å². The summed E-state index contributed by atoms with van der Waals surface area (Å²) in [5.41, 5.74) is 0. The number of nitrogens with zero attached hydrogens (tertiary/aromatic N) is 1. The van der Waals surface area contributed by atoms with E-state index in [0.29, 0.717) is 0 Å². The first-order valence-corrected chi connectivity index (χ1v) is 9.87. The number of nitriles is 1. The zero-order valence-electron chi connectivity index (χ0n) is 15.2. The van der Waals surface area contributed by atoms with E-state index in [1.54, 1.807) is 0 Å². The molecule has 22 heavy (non-hydrogen) atoms. The van der Waals surface area contributed by atoms with E-state index in [1.807, 2.05) is 0 Å². The third-order valence-electron chi connectivity index (χ3n) is 4.41. The van der Waals surface area contributed by atoms with Gasteiger partial charge in [0.05, 0.1) is 18.1 Å². The van der Waals surface area contributed by atoms with Crippen LogP contribution < -0.4 is 0 Å². The van der Waals surface area contributed by atoms with Crippen molar-refractivity contribution >= 4 is 9.47 Å². The van der Waals surface area contributed by atoms with Crippen molar-refractivity contribution in [3.8, 4) is 6.07 Å². The molecule has 0 aliphatic heterocycles. The van der Waals surface area contributed by atoms with Gasteiger partial charge in [-0.1, -0.05) is 85.0 Å². The molecule has 0 spiro atoms. The lowest BCUT2D eigenvalue weighted by Crippen LogP contribution is -2.19. The van der Waals surface area contributed by atoms with E-state index in [-0.39, 0.29) is 12.0 Å². The normalized spacial score (nSPS) is 14.0. The van der Waals surface area contributed by atoms with E-state index in [0.717, 1.165) is 25.2 Å². The van der Waals surface area contributed by atoms with Gasteiger partial charge in [0, 0.05) is 9.47 Å². The minimum Gasteiger partial charge on any atom is -0.361 e. The number of unbranched alkanes of at least 4 members (excludes halogenated alkanes) is 7. The molecule has 0 N–H and O–H groups in total. The van der Waals surface area contributed by atoms with Gasteiger partial charge in [-0.2, -0.15) is 5.26 Å². The van der Waals surface area contributed by atoms with Crippen molar-refractivity contribution < 1.29 is 4.52 Å². The predicted octanol–water partition coefficient (Wildman–Crippen LogP) is 6.66. The van der Waals surface area contributed by atoms with E-state index in [4.69, 9.17) is 4.52 Å². The smallest absolute Gasteiger partial charge is 0.0768 e. The number of hydrogen-bond donors (Lipinski definition) is 0. The van der Waals surface area contributed by atoms with Crippen LogP contribution in [0.2, 0.25) is 0 Å². The highest BCUT2D eigenvalue weighted by atomic mass is 31.0. The highest BCUT2D eigenvalue weighted by molar-refractivity contribution is 7.09. The highest BCUT2D eigenvalue weighted by Crippen LogP contribution is 2.22. The van der Waals surface area contributed by atoms with Crippen LogP contribution in [0.3, 0.4) is 0 Å². The maximum absolute atomic E-state index is 9.28. The second-order valence-electron chi connectivity index (χ2n) is 7.00. The van der Waals surface area contributed by atoms with Crippen molar-refractivity contribution in [1.29, 1.82) is 5.26 Å². The molecule has 0 amide bonds. The van der Waals surface area contributed by atoms with Crippen LogP contribution in [0.5, 0.6) is 0 Å². The first kappa shape index (κ1) is 21.9. The van der Waals surface area contributed by atoms with Crippen LogP contribution in [0, 0.1) is 23.2 Å². The Morgan fingerprint density at radius 2 is 1.36 bits per heavy atom. The summed E-state index contributed by atoms with van der Waals surface area (Å²) in [5, 5.41) is 9.28. The summed E-state index contributed by atoms with van der Waals surface area (Å²) in [6, 6.07) is 2.43. The maximum Gasteiger partial charge on any atom is 0.0768 e. The fourth-order valence-corrected chi connectivity index (χ4v) is 3.29. The molecule has 0 bridgehead atoms. The van der Waals surface area contributed by atoms with Gasteiger partial charge in [0.2, 0.25) is 0 Å². The third-order valence-corrected chi connectivity index (χ3v) is 4.76.